The average Bonchev–Trinajstić information content (AvgIpc) is 2.67. The molecule has 4 nitrogen and oxygen atoms in total. The summed E-state index contributed by atoms with van der Waals surface area (Å²) in [6.45, 7) is 4.97. The van der Waals surface area contributed by atoms with E-state index in [9.17, 15) is 4.79 Å². The Bertz CT molecular complexity index is 540. The second-order valence-corrected chi connectivity index (χ2v) is 4.40. The Morgan fingerprint density at radius 1 is 1.37 bits per heavy atom. The minimum absolute atomic E-state index is 0.0983. The predicted molar refractivity (Wildman–Crippen MR) is 78.7 cm³/mol. The van der Waals surface area contributed by atoms with Crippen LogP contribution in [0.5, 0.6) is 5.75 Å². The van der Waals surface area contributed by atoms with Gasteiger partial charge in [0.1, 0.15) is 11.4 Å². The van der Waals surface area contributed by atoms with Gasteiger partial charge in [-0.05, 0) is 38.2 Å². The molecule has 0 aromatic heterocycles. The number of para-hydroxylation sites is 1. The highest BCUT2D eigenvalue weighted by atomic mass is 32.1. The van der Waals surface area contributed by atoms with Crippen molar-refractivity contribution in [2.75, 3.05) is 13.2 Å². The molecule has 1 aromatic carbocycles. The molecular weight excluding hydrogens is 260 g/mol. The number of amides is 1. The molecule has 1 amide bonds. The maximum atomic E-state index is 12.1. The molecule has 0 saturated carbocycles. The van der Waals surface area contributed by atoms with Gasteiger partial charge >= 0.3 is 0 Å². The molecule has 1 N–H and O–H groups in total. The normalized spacial score (nSPS) is 16.9. The summed E-state index contributed by atoms with van der Waals surface area (Å²) in [5.41, 5.74) is 1.35. The van der Waals surface area contributed by atoms with Crippen LogP contribution in [-0.2, 0) is 4.79 Å². The zero-order chi connectivity index (χ0) is 13.8. The van der Waals surface area contributed by atoms with Crippen molar-refractivity contribution in [3.05, 3.63) is 35.5 Å². The molecular formula is C14H16N2O2S. The molecule has 2 rings (SSSR count). The first kappa shape index (κ1) is 13.5. The molecule has 1 aromatic rings. The van der Waals surface area contributed by atoms with Crippen LogP contribution in [-0.4, -0.2) is 29.1 Å². The summed E-state index contributed by atoms with van der Waals surface area (Å²) in [5.74, 6) is 0.659. The highest BCUT2D eigenvalue weighted by molar-refractivity contribution is 7.80. The van der Waals surface area contributed by atoms with Crippen LogP contribution >= 0.6 is 12.2 Å². The molecule has 0 radical (unpaired) electrons. The Balaban J connectivity index is 2.32. The fourth-order valence-corrected chi connectivity index (χ4v) is 2.22. The number of benzene rings is 1. The Morgan fingerprint density at radius 2 is 2.11 bits per heavy atom. The second-order valence-electron chi connectivity index (χ2n) is 4.01. The third kappa shape index (κ3) is 2.76. The van der Waals surface area contributed by atoms with Gasteiger partial charge in [-0.25, -0.2) is 0 Å². The summed E-state index contributed by atoms with van der Waals surface area (Å²) >= 11 is 5.12. The van der Waals surface area contributed by atoms with Crippen LogP contribution in [0.2, 0.25) is 0 Å². The van der Waals surface area contributed by atoms with Crippen molar-refractivity contribution in [2.24, 2.45) is 0 Å². The first-order chi connectivity index (χ1) is 9.17. The van der Waals surface area contributed by atoms with Gasteiger partial charge in [0.05, 0.1) is 6.61 Å². The van der Waals surface area contributed by atoms with Crippen LogP contribution < -0.4 is 10.1 Å². The lowest BCUT2D eigenvalue weighted by Crippen LogP contribution is -2.30. The van der Waals surface area contributed by atoms with Crippen LogP contribution in [0.25, 0.3) is 6.08 Å². The molecule has 19 heavy (non-hydrogen) atoms. The molecule has 0 unspecified atom stereocenters. The predicted octanol–water partition coefficient (Wildman–Crippen LogP) is 2.16. The average molecular weight is 276 g/mol. The van der Waals surface area contributed by atoms with Gasteiger partial charge in [-0.1, -0.05) is 18.2 Å². The van der Waals surface area contributed by atoms with E-state index < -0.39 is 0 Å². The highest BCUT2D eigenvalue weighted by Crippen LogP contribution is 2.22. The molecule has 1 heterocycles. The summed E-state index contributed by atoms with van der Waals surface area (Å²) in [5, 5.41) is 3.39. The molecule has 0 bridgehead atoms. The maximum absolute atomic E-state index is 12.1. The lowest BCUT2D eigenvalue weighted by Gasteiger charge is -2.09. The largest absolute Gasteiger partial charge is 0.493 e. The molecule has 0 spiro atoms. The monoisotopic (exact) mass is 276 g/mol. The number of rotatable bonds is 4. The molecule has 1 aliphatic rings. The second kappa shape index (κ2) is 5.84. The van der Waals surface area contributed by atoms with Crippen molar-refractivity contribution in [3.63, 3.8) is 0 Å². The van der Waals surface area contributed by atoms with E-state index >= 15 is 0 Å². The van der Waals surface area contributed by atoms with Crippen LogP contribution in [0, 0.1) is 0 Å². The number of nitrogens with one attached hydrogen (secondary N) is 1. The number of likely N-dealkylation sites (N-methyl/N-ethyl adjacent to an activating group) is 1. The lowest BCUT2D eigenvalue weighted by molar-refractivity contribution is -0.122. The van der Waals surface area contributed by atoms with Crippen molar-refractivity contribution in [1.82, 2.24) is 10.2 Å². The smallest absolute Gasteiger partial charge is 0.276 e. The van der Waals surface area contributed by atoms with Crippen molar-refractivity contribution >= 4 is 29.3 Å². The number of ether oxygens (including phenoxy) is 1. The van der Waals surface area contributed by atoms with E-state index in [4.69, 9.17) is 17.0 Å². The summed E-state index contributed by atoms with van der Waals surface area (Å²) < 4.78 is 5.53. The van der Waals surface area contributed by atoms with Crippen LogP contribution in [0.3, 0.4) is 0 Å². The topological polar surface area (TPSA) is 41.6 Å². The van der Waals surface area contributed by atoms with Gasteiger partial charge in [0.15, 0.2) is 5.11 Å². The maximum Gasteiger partial charge on any atom is 0.276 e. The Kier molecular flexibility index (Phi) is 4.16. The van der Waals surface area contributed by atoms with E-state index in [0.29, 0.717) is 24.0 Å². The molecule has 0 aliphatic carbocycles. The van der Waals surface area contributed by atoms with E-state index in [1.165, 1.54) is 4.90 Å². The lowest BCUT2D eigenvalue weighted by atomic mass is 10.1. The van der Waals surface area contributed by atoms with Crippen molar-refractivity contribution in [2.45, 2.75) is 13.8 Å². The van der Waals surface area contributed by atoms with Gasteiger partial charge in [0.2, 0.25) is 0 Å². The van der Waals surface area contributed by atoms with Gasteiger partial charge in [-0.2, -0.15) is 0 Å². The number of hydrogen-bond donors (Lipinski definition) is 1. The molecule has 100 valence electrons. The quantitative estimate of drug-likeness (QED) is 0.676. The van der Waals surface area contributed by atoms with Gasteiger partial charge < -0.3 is 10.1 Å². The van der Waals surface area contributed by atoms with E-state index in [1.807, 2.05) is 38.1 Å². The van der Waals surface area contributed by atoms with E-state index in [-0.39, 0.29) is 5.91 Å². The van der Waals surface area contributed by atoms with E-state index in [2.05, 4.69) is 5.32 Å². The SMILES string of the molecule is CCOc1ccccc1C=C1NC(=S)N(CC)C1=O. The first-order valence-corrected chi connectivity index (χ1v) is 6.64. The van der Waals surface area contributed by atoms with Gasteiger partial charge in [-0.3, -0.25) is 9.69 Å². The minimum atomic E-state index is -0.0983. The number of thiocarbonyl (C=S) groups is 1. The number of carbonyl (C=O) groups excluding carboxylic acids is 1. The zero-order valence-electron chi connectivity index (χ0n) is 11.0. The third-order valence-corrected chi connectivity index (χ3v) is 3.12. The third-order valence-electron chi connectivity index (χ3n) is 2.80. The molecule has 5 heteroatoms. The van der Waals surface area contributed by atoms with E-state index in [1.54, 1.807) is 6.08 Å². The molecule has 1 saturated heterocycles. The fraction of sp³-hybridized carbons (Fsp3) is 0.286. The van der Waals surface area contributed by atoms with Crippen LogP contribution in [0.15, 0.2) is 30.0 Å². The fourth-order valence-electron chi connectivity index (χ4n) is 1.90. The minimum Gasteiger partial charge on any atom is -0.493 e. The molecule has 1 fully saturated rings. The van der Waals surface area contributed by atoms with Crippen LogP contribution in [0.4, 0.5) is 0 Å². The van der Waals surface area contributed by atoms with Crippen molar-refractivity contribution < 1.29 is 9.53 Å². The number of carbonyl (C=O) groups is 1. The number of hydrogen-bond acceptors (Lipinski definition) is 3. The Hall–Kier alpha value is -1.88. The van der Waals surface area contributed by atoms with Crippen molar-refractivity contribution in [1.29, 1.82) is 0 Å². The molecule has 1 aliphatic heterocycles. The summed E-state index contributed by atoms with van der Waals surface area (Å²) in [6, 6.07) is 7.60. The Morgan fingerprint density at radius 3 is 2.74 bits per heavy atom. The highest BCUT2D eigenvalue weighted by Gasteiger charge is 2.29. The summed E-state index contributed by atoms with van der Waals surface area (Å²) in [4.78, 5) is 13.6. The van der Waals surface area contributed by atoms with Gasteiger partial charge in [-0.15, -0.1) is 0 Å². The van der Waals surface area contributed by atoms with Gasteiger partial charge in [0.25, 0.3) is 5.91 Å². The van der Waals surface area contributed by atoms with Crippen molar-refractivity contribution in [3.8, 4) is 5.75 Å². The van der Waals surface area contributed by atoms with E-state index in [0.717, 1.165) is 11.3 Å². The summed E-state index contributed by atoms with van der Waals surface area (Å²) in [6.07, 6.45) is 1.77. The summed E-state index contributed by atoms with van der Waals surface area (Å²) in [7, 11) is 0. The number of nitrogens with zero attached hydrogens (tertiary/aromatic N) is 1. The first-order valence-electron chi connectivity index (χ1n) is 6.23. The zero-order valence-corrected chi connectivity index (χ0v) is 11.8. The van der Waals surface area contributed by atoms with Gasteiger partial charge in [0, 0.05) is 12.1 Å². The Labute approximate surface area is 118 Å². The van der Waals surface area contributed by atoms with Crippen LogP contribution in [0.1, 0.15) is 19.4 Å². The standard InChI is InChI=1S/C14H16N2O2S/c1-3-16-13(17)11(15-14(16)19)9-10-7-5-6-8-12(10)18-4-2/h5-9H,3-4H2,1-2H3,(H,15,19). The molecule has 0 atom stereocenters.